The molecule has 1 heterocycles. The Kier molecular flexibility index (Phi) is 3.90. The third kappa shape index (κ3) is 2.73. The van der Waals surface area contributed by atoms with E-state index in [0.29, 0.717) is 12.0 Å². The molecular formula is C18H22FNO3. The van der Waals surface area contributed by atoms with Crippen molar-refractivity contribution in [2.45, 2.75) is 52.2 Å². The predicted molar refractivity (Wildman–Crippen MR) is 84.2 cm³/mol. The molecule has 2 unspecified atom stereocenters. The molecule has 2 aliphatic rings. The van der Waals surface area contributed by atoms with Crippen LogP contribution in [0.4, 0.5) is 4.39 Å². The van der Waals surface area contributed by atoms with Crippen LogP contribution in [0.3, 0.4) is 0 Å². The Bertz CT molecular complexity index is 650. The lowest BCUT2D eigenvalue weighted by Crippen LogP contribution is -2.45. The number of rotatable bonds is 3. The molecule has 0 saturated heterocycles. The van der Waals surface area contributed by atoms with Crippen LogP contribution in [0.15, 0.2) is 29.4 Å². The predicted octanol–water partition coefficient (Wildman–Crippen LogP) is 3.84. The van der Waals surface area contributed by atoms with Crippen molar-refractivity contribution in [1.82, 2.24) is 0 Å². The summed E-state index contributed by atoms with van der Waals surface area (Å²) in [6.07, 6.45) is 2.36. The summed E-state index contributed by atoms with van der Waals surface area (Å²) >= 11 is 0. The summed E-state index contributed by atoms with van der Waals surface area (Å²) < 4.78 is 19.0. The van der Waals surface area contributed by atoms with Gasteiger partial charge in [-0.15, -0.1) is 0 Å². The van der Waals surface area contributed by atoms with E-state index in [-0.39, 0.29) is 23.8 Å². The van der Waals surface area contributed by atoms with Crippen molar-refractivity contribution in [3.8, 4) is 0 Å². The van der Waals surface area contributed by atoms with Crippen LogP contribution in [0.2, 0.25) is 0 Å². The highest BCUT2D eigenvalue weighted by Gasteiger charge is 2.60. The molecule has 1 aliphatic carbocycles. The lowest BCUT2D eigenvalue weighted by Gasteiger charge is -2.27. The van der Waals surface area contributed by atoms with Gasteiger partial charge in [-0.25, -0.2) is 9.18 Å². The molecule has 23 heavy (non-hydrogen) atoms. The molecule has 1 aliphatic heterocycles. The Hall–Kier alpha value is -1.91. The van der Waals surface area contributed by atoms with Gasteiger partial charge in [-0.2, -0.15) is 0 Å². The van der Waals surface area contributed by atoms with Gasteiger partial charge in [0.1, 0.15) is 12.4 Å². The van der Waals surface area contributed by atoms with E-state index in [4.69, 9.17) is 9.57 Å². The summed E-state index contributed by atoms with van der Waals surface area (Å²) in [6, 6.07) is 6.29. The highest BCUT2D eigenvalue weighted by molar-refractivity contribution is 5.99. The van der Waals surface area contributed by atoms with Gasteiger partial charge >= 0.3 is 5.97 Å². The fraction of sp³-hybridized carbons (Fsp3) is 0.556. The smallest absolute Gasteiger partial charge is 0.354 e. The van der Waals surface area contributed by atoms with Gasteiger partial charge in [0.05, 0.1) is 11.6 Å². The molecule has 5 heteroatoms. The van der Waals surface area contributed by atoms with Crippen LogP contribution in [0, 0.1) is 17.2 Å². The van der Waals surface area contributed by atoms with Crippen LogP contribution >= 0.6 is 0 Å². The first-order chi connectivity index (χ1) is 10.8. The third-order valence-electron chi connectivity index (χ3n) is 4.67. The topological polar surface area (TPSA) is 47.9 Å². The standard InChI is InChI=1S/C18H22FNO3/c1-17(2,3)15-13-8-6-10-18(13,23-20-15)16(21)22-11-12-7-4-5-9-14(12)19/h4-5,7,9,13H,6,8,10-11H2,1-3H3. The summed E-state index contributed by atoms with van der Waals surface area (Å²) in [5.41, 5.74) is 0.107. The van der Waals surface area contributed by atoms with Crippen LogP contribution in [0.5, 0.6) is 0 Å². The first-order valence-electron chi connectivity index (χ1n) is 8.02. The van der Waals surface area contributed by atoms with E-state index >= 15 is 0 Å². The molecule has 0 bridgehead atoms. The van der Waals surface area contributed by atoms with Gasteiger partial charge in [-0.3, -0.25) is 0 Å². The largest absolute Gasteiger partial charge is 0.458 e. The first kappa shape index (κ1) is 16.0. The van der Waals surface area contributed by atoms with Crippen LogP contribution in [-0.2, 0) is 21.0 Å². The molecule has 0 aromatic heterocycles. The lowest BCUT2D eigenvalue weighted by atomic mass is 9.76. The number of halogens is 1. The van der Waals surface area contributed by atoms with E-state index in [1.165, 1.54) is 6.07 Å². The Labute approximate surface area is 135 Å². The molecule has 4 nitrogen and oxygen atoms in total. The highest BCUT2D eigenvalue weighted by Crippen LogP contribution is 2.48. The summed E-state index contributed by atoms with van der Waals surface area (Å²) in [6.45, 7) is 6.10. The maximum absolute atomic E-state index is 13.7. The van der Waals surface area contributed by atoms with Crippen molar-refractivity contribution in [2.24, 2.45) is 16.5 Å². The lowest BCUT2D eigenvalue weighted by molar-refractivity contribution is -0.173. The molecule has 124 valence electrons. The Balaban J connectivity index is 1.74. The van der Waals surface area contributed by atoms with Gasteiger partial charge in [0.2, 0.25) is 5.60 Å². The van der Waals surface area contributed by atoms with Gasteiger partial charge in [-0.1, -0.05) is 44.1 Å². The summed E-state index contributed by atoms with van der Waals surface area (Å²) in [5, 5.41) is 4.20. The van der Waals surface area contributed by atoms with Crippen molar-refractivity contribution < 1.29 is 18.8 Å². The number of benzene rings is 1. The molecule has 1 aromatic rings. The number of ether oxygens (including phenoxy) is 1. The molecule has 3 rings (SSSR count). The fourth-order valence-corrected chi connectivity index (χ4v) is 3.46. The zero-order valence-corrected chi connectivity index (χ0v) is 13.8. The Morgan fingerprint density at radius 1 is 1.43 bits per heavy atom. The molecule has 0 radical (unpaired) electrons. The van der Waals surface area contributed by atoms with E-state index in [9.17, 15) is 9.18 Å². The summed E-state index contributed by atoms with van der Waals surface area (Å²) in [4.78, 5) is 18.3. The number of hydrogen-bond donors (Lipinski definition) is 0. The number of carbonyl (C=O) groups excluding carboxylic acids is 1. The van der Waals surface area contributed by atoms with Gasteiger partial charge in [0, 0.05) is 17.4 Å². The van der Waals surface area contributed by atoms with Crippen molar-refractivity contribution in [2.75, 3.05) is 0 Å². The van der Waals surface area contributed by atoms with E-state index in [1.54, 1.807) is 18.2 Å². The minimum Gasteiger partial charge on any atom is -0.458 e. The maximum atomic E-state index is 13.7. The average Bonchev–Trinajstić information content (AvgIpc) is 3.04. The van der Waals surface area contributed by atoms with Crippen molar-refractivity contribution in [3.05, 3.63) is 35.6 Å². The van der Waals surface area contributed by atoms with Gasteiger partial charge in [-0.05, 0) is 18.9 Å². The van der Waals surface area contributed by atoms with E-state index in [2.05, 4.69) is 25.9 Å². The van der Waals surface area contributed by atoms with Crippen molar-refractivity contribution >= 4 is 11.7 Å². The minimum absolute atomic E-state index is 0.0457. The summed E-state index contributed by atoms with van der Waals surface area (Å²) in [7, 11) is 0. The molecule has 0 spiro atoms. The van der Waals surface area contributed by atoms with Crippen molar-refractivity contribution in [1.29, 1.82) is 0 Å². The molecule has 1 aromatic carbocycles. The molecule has 0 N–H and O–H groups in total. The van der Waals surface area contributed by atoms with Gasteiger partial charge < -0.3 is 9.57 Å². The first-order valence-corrected chi connectivity index (χ1v) is 8.02. The quantitative estimate of drug-likeness (QED) is 0.795. The number of fused-ring (bicyclic) bond motifs is 1. The average molecular weight is 319 g/mol. The number of hydrogen-bond acceptors (Lipinski definition) is 4. The van der Waals surface area contributed by atoms with E-state index < -0.39 is 11.6 Å². The fourth-order valence-electron chi connectivity index (χ4n) is 3.46. The van der Waals surface area contributed by atoms with Crippen LogP contribution in [0.1, 0.15) is 45.6 Å². The molecule has 1 saturated carbocycles. The number of carbonyl (C=O) groups is 1. The van der Waals surface area contributed by atoms with Crippen LogP contribution in [-0.4, -0.2) is 17.3 Å². The monoisotopic (exact) mass is 319 g/mol. The number of oxime groups is 1. The van der Waals surface area contributed by atoms with Crippen molar-refractivity contribution in [3.63, 3.8) is 0 Å². The van der Waals surface area contributed by atoms with Gasteiger partial charge in [0.25, 0.3) is 0 Å². The van der Waals surface area contributed by atoms with Gasteiger partial charge in [0.15, 0.2) is 0 Å². The molecular weight excluding hydrogens is 297 g/mol. The zero-order valence-electron chi connectivity index (χ0n) is 13.8. The maximum Gasteiger partial charge on any atom is 0.354 e. The third-order valence-corrected chi connectivity index (χ3v) is 4.67. The second-order valence-corrected chi connectivity index (χ2v) is 7.32. The van der Waals surface area contributed by atoms with Crippen LogP contribution < -0.4 is 0 Å². The Morgan fingerprint density at radius 2 is 2.17 bits per heavy atom. The summed E-state index contributed by atoms with van der Waals surface area (Å²) in [5.74, 6) is -0.860. The normalized spacial score (nSPS) is 26.4. The SMILES string of the molecule is CC(C)(C)C1=NOC2(C(=O)OCc3ccccc3F)CCCC12. The zero-order chi connectivity index (χ0) is 16.7. The van der Waals surface area contributed by atoms with E-state index in [1.807, 2.05) is 0 Å². The minimum atomic E-state index is -1.02. The number of nitrogens with zero attached hydrogens (tertiary/aromatic N) is 1. The molecule has 0 amide bonds. The Morgan fingerprint density at radius 3 is 2.87 bits per heavy atom. The highest BCUT2D eigenvalue weighted by atomic mass is 19.1. The molecule has 2 atom stereocenters. The molecule has 1 fully saturated rings. The number of esters is 1. The van der Waals surface area contributed by atoms with Crippen LogP contribution in [0.25, 0.3) is 0 Å². The second-order valence-electron chi connectivity index (χ2n) is 7.32. The van der Waals surface area contributed by atoms with E-state index in [0.717, 1.165) is 18.6 Å². The second kappa shape index (κ2) is 5.62.